The summed E-state index contributed by atoms with van der Waals surface area (Å²) >= 11 is 0. The Morgan fingerprint density at radius 2 is 1.86 bits per heavy atom. The second-order valence-electron chi connectivity index (χ2n) is 7.57. The molecule has 1 N–H and O–H groups in total. The normalized spacial score (nSPS) is 24.8. The zero-order chi connectivity index (χ0) is 15.5. The van der Waals surface area contributed by atoms with Gasteiger partial charge in [0, 0.05) is 25.2 Å². The molecule has 2 rings (SSSR count). The first-order chi connectivity index (χ1) is 9.90. The highest BCUT2D eigenvalue weighted by atomic mass is 15.2. The molecule has 2 nitrogen and oxygen atoms in total. The summed E-state index contributed by atoms with van der Waals surface area (Å²) in [5.74, 6) is 0. The molecule has 1 aromatic carbocycles. The minimum atomic E-state index is 0.242. The van der Waals surface area contributed by atoms with Gasteiger partial charge in [0.2, 0.25) is 0 Å². The number of hydrogen-bond donors (Lipinski definition) is 1. The predicted octanol–water partition coefficient (Wildman–Crippen LogP) is 3.95. The molecule has 1 saturated heterocycles. The zero-order valence-corrected chi connectivity index (χ0v) is 14.4. The summed E-state index contributed by atoms with van der Waals surface area (Å²) in [7, 11) is 0. The maximum absolute atomic E-state index is 3.66. The molecule has 2 unspecified atom stereocenters. The summed E-state index contributed by atoms with van der Waals surface area (Å²) in [4.78, 5) is 2.64. The van der Waals surface area contributed by atoms with Crippen LogP contribution in [0.25, 0.3) is 0 Å². The fraction of sp³-hybridized carbons (Fsp3) is 0.684. The fourth-order valence-corrected chi connectivity index (χ4v) is 3.04. The Hall–Kier alpha value is -0.860. The SMILES string of the molecule is CCC1CN(Cc2ccc(C(C)(C)C)cc2)C(C)CCN1. The van der Waals surface area contributed by atoms with Gasteiger partial charge in [-0.05, 0) is 42.9 Å². The van der Waals surface area contributed by atoms with Crippen LogP contribution in [0.5, 0.6) is 0 Å². The van der Waals surface area contributed by atoms with Gasteiger partial charge in [0.15, 0.2) is 0 Å². The summed E-state index contributed by atoms with van der Waals surface area (Å²) < 4.78 is 0. The van der Waals surface area contributed by atoms with Crippen molar-refractivity contribution < 1.29 is 0 Å². The van der Waals surface area contributed by atoms with Gasteiger partial charge in [-0.1, -0.05) is 52.0 Å². The van der Waals surface area contributed by atoms with Crippen LogP contribution in [0, 0.1) is 0 Å². The third kappa shape index (κ3) is 4.55. The molecule has 0 radical (unpaired) electrons. The van der Waals surface area contributed by atoms with Crippen molar-refractivity contribution in [3.05, 3.63) is 35.4 Å². The van der Waals surface area contributed by atoms with Crippen LogP contribution < -0.4 is 5.32 Å². The highest BCUT2D eigenvalue weighted by Gasteiger charge is 2.22. The third-order valence-electron chi connectivity index (χ3n) is 4.77. The Kier molecular flexibility index (Phi) is 5.45. The average Bonchev–Trinajstić information content (AvgIpc) is 2.61. The molecule has 0 bridgehead atoms. The van der Waals surface area contributed by atoms with Gasteiger partial charge in [-0.25, -0.2) is 0 Å². The van der Waals surface area contributed by atoms with Crippen molar-refractivity contribution >= 4 is 0 Å². The lowest BCUT2D eigenvalue weighted by molar-refractivity contribution is 0.194. The molecule has 0 amide bonds. The van der Waals surface area contributed by atoms with Gasteiger partial charge in [0.1, 0.15) is 0 Å². The third-order valence-corrected chi connectivity index (χ3v) is 4.77. The van der Waals surface area contributed by atoms with Gasteiger partial charge in [-0.3, -0.25) is 4.90 Å². The van der Waals surface area contributed by atoms with Crippen LogP contribution in [0.2, 0.25) is 0 Å². The Balaban J connectivity index is 2.05. The quantitative estimate of drug-likeness (QED) is 0.906. The number of nitrogens with zero attached hydrogens (tertiary/aromatic N) is 1. The van der Waals surface area contributed by atoms with Gasteiger partial charge >= 0.3 is 0 Å². The van der Waals surface area contributed by atoms with Crippen molar-refractivity contribution in [3.8, 4) is 0 Å². The van der Waals surface area contributed by atoms with E-state index in [1.54, 1.807) is 0 Å². The van der Waals surface area contributed by atoms with Crippen molar-refractivity contribution in [2.75, 3.05) is 13.1 Å². The molecule has 0 spiro atoms. The fourth-order valence-electron chi connectivity index (χ4n) is 3.04. The smallest absolute Gasteiger partial charge is 0.0237 e. The molecule has 118 valence electrons. The van der Waals surface area contributed by atoms with Crippen molar-refractivity contribution in [2.24, 2.45) is 0 Å². The van der Waals surface area contributed by atoms with E-state index in [4.69, 9.17) is 0 Å². The van der Waals surface area contributed by atoms with Gasteiger partial charge in [-0.15, -0.1) is 0 Å². The first kappa shape index (κ1) is 16.5. The van der Waals surface area contributed by atoms with Crippen molar-refractivity contribution in [1.82, 2.24) is 10.2 Å². The summed E-state index contributed by atoms with van der Waals surface area (Å²) in [5.41, 5.74) is 3.10. The maximum Gasteiger partial charge on any atom is 0.0237 e. The molecule has 1 aliphatic heterocycles. The van der Waals surface area contributed by atoms with Crippen molar-refractivity contribution in [1.29, 1.82) is 0 Å². The molecule has 2 atom stereocenters. The molecule has 1 heterocycles. The minimum absolute atomic E-state index is 0.242. The first-order valence-electron chi connectivity index (χ1n) is 8.47. The maximum atomic E-state index is 3.66. The highest BCUT2D eigenvalue weighted by Crippen LogP contribution is 2.23. The van der Waals surface area contributed by atoms with Gasteiger partial charge < -0.3 is 5.32 Å². The number of rotatable bonds is 3. The van der Waals surface area contributed by atoms with E-state index in [9.17, 15) is 0 Å². The molecule has 0 saturated carbocycles. The lowest BCUT2D eigenvalue weighted by Gasteiger charge is -2.29. The van der Waals surface area contributed by atoms with Crippen LogP contribution in [-0.4, -0.2) is 30.1 Å². The predicted molar refractivity (Wildman–Crippen MR) is 91.7 cm³/mol. The second kappa shape index (κ2) is 6.93. The lowest BCUT2D eigenvalue weighted by atomic mass is 9.86. The molecule has 2 heteroatoms. The van der Waals surface area contributed by atoms with E-state index in [-0.39, 0.29) is 5.41 Å². The van der Waals surface area contributed by atoms with E-state index >= 15 is 0 Å². The van der Waals surface area contributed by atoms with Gasteiger partial charge in [0.25, 0.3) is 0 Å². The standard InChI is InChI=1S/C19H32N2/c1-6-18-14-21(15(2)11-12-20-18)13-16-7-9-17(10-8-16)19(3,4)5/h7-10,15,18,20H,6,11-14H2,1-5H3. The van der Waals surface area contributed by atoms with E-state index in [2.05, 4.69) is 69.1 Å². The monoisotopic (exact) mass is 288 g/mol. The molecule has 21 heavy (non-hydrogen) atoms. The van der Waals surface area contributed by atoms with E-state index in [1.807, 2.05) is 0 Å². The summed E-state index contributed by atoms with van der Waals surface area (Å²) in [6.45, 7) is 14.9. The molecule has 0 aromatic heterocycles. The van der Waals surface area contributed by atoms with Gasteiger partial charge in [0.05, 0.1) is 0 Å². The van der Waals surface area contributed by atoms with Crippen LogP contribution in [0.3, 0.4) is 0 Å². The Labute approximate surface area is 130 Å². The van der Waals surface area contributed by atoms with Crippen LogP contribution in [0.15, 0.2) is 24.3 Å². The largest absolute Gasteiger partial charge is 0.313 e. The summed E-state index contributed by atoms with van der Waals surface area (Å²) in [6.07, 6.45) is 2.46. The Morgan fingerprint density at radius 3 is 2.43 bits per heavy atom. The van der Waals surface area contributed by atoms with E-state index in [0.717, 1.165) is 13.1 Å². The molecular weight excluding hydrogens is 256 g/mol. The zero-order valence-electron chi connectivity index (χ0n) is 14.4. The van der Waals surface area contributed by atoms with E-state index in [0.29, 0.717) is 12.1 Å². The first-order valence-corrected chi connectivity index (χ1v) is 8.47. The topological polar surface area (TPSA) is 15.3 Å². The molecule has 0 aliphatic carbocycles. The number of benzene rings is 1. The van der Waals surface area contributed by atoms with Crippen LogP contribution in [0.1, 0.15) is 58.6 Å². The minimum Gasteiger partial charge on any atom is -0.313 e. The molecule has 1 fully saturated rings. The lowest BCUT2D eigenvalue weighted by Crippen LogP contribution is -2.39. The van der Waals surface area contributed by atoms with Crippen LogP contribution in [-0.2, 0) is 12.0 Å². The van der Waals surface area contributed by atoms with Crippen molar-refractivity contribution in [3.63, 3.8) is 0 Å². The van der Waals surface area contributed by atoms with Crippen molar-refractivity contribution in [2.45, 2.75) is 71.5 Å². The molecule has 1 aliphatic rings. The van der Waals surface area contributed by atoms with Crippen LogP contribution in [0.4, 0.5) is 0 Å². The molecule has 1 aromatic rings. The Morgan fingerprint density at radius 1 is 1.19 bits per heavy atom. The Bertz CT molecular complexity index is 430. The highest BCUT2D eigenvalue weighted by molar-refractivity contribution is 5.27. The number of hydrogen-bond acceptors (Lipinski definition) is 2. The summed E-state index contributed by atoms with van der Waals surface area (Å²) in [5, 5.41) is 3.66. The van der Waals surface area contributed by atoms with Gasteiger partial charge in [-0.2, -0.15) is 0 Å². The summed E-state index contributed by atoms with van der Waals surface area (Å²) in [6, 6.07) is 10.5. The molecular formula is C19H32N2. The number of nitrogens with one attached hydrogen (secondary N) is 1. The van der Waals surface area contributed by atoms with Crippen LogP contribution >= 0.6 is 0 Å². The van der Waals surface area contributed by atoms with E-state index < -0.39 is 0 Å². The average molecular weight is 288 g/mol. The second-order valence-corrected chi connectivity index (χ2v) is 7.57. The van der Waals surface area contributed by atoms with E-state index in [1.165, 1.54) is 30.5 Å².